The van der Waals surface area contributed by atoms with E-state index in [1.54, 1.807) is 0 Å². The molecule has 1 aromatic rings. The molecule has 0 radical (unpaired) electrons. The zero-order valence-corrected chi connectivity index (χ0v) is 16.6. The lowest BCUT2D eigenvalue weighted by molar-refractivity contribution is -0.0513. The van der Waals surface area contributed by atoms with Gasteiger partial charge in [-0.3, -0.25) is 9.69 Å². The van der Waals surface area contributed by atoms with Crippen LogP contribution in [0.2, 0.25) is 0 Å². The van der Waals surface area contributed by atoms with Crippen molar-refractivity contribution in [2.24, 2.45) is 5.92 Å². The average Bonchev–Trinajstić information content (AvgIpc) is 2.61. The van der Waals surface area contributed by atoms with Gasteiger partial charge in [-0.05, 0) is 31.4 Å². The lowest BCUT2D eigenvalue weighted by Crippen LogP contribution is -2.50. The molecule has 1 fully saturated rings. The van der Waals surface area contributed by atoms with Crippen LogP contribution in [0.5, 0.6) is 0 Å². The number of aryl methyl sites for hydroxylation is 1. The van der Waals surface area contributed by atoms with E-state index in [2.05, 4.69) is 18.7 Å². The van der Waals surface area contributed by atoms with E-state index >= 15 is 0 Å². The van der Waals surface area contributed by atoms with Crippen LogP contribution < -0.4 is 0 Å². The minimum Gasteiger partial charge on any atom is -0.392 e. The van der Waals surface area contributed by atoms with E-state index in [-0.39, 0.29) is 18.1 Å². The van der Waals surface area contributed by atoms with Gasteiger partial charge in [-0.2, -0.15) is 0 Å². The largest absolute Gasteiger partial charge is 0.392 e. The van der Waals surface area contributed by atoms with Gasteiger partial charge in [-0.1, -0.05) is 38.5 Å². The van der Waals surface area contributed by atoms with Crippen LogP contribution in [0.3, 0.4) is 0 Å². The first-order chi connectivity index (χ1) is 12.4. The van der Waals surface area contributed by atoms with Crippen LogP contribution >= 0.6 is 0 Å². The monoisotopic (exact) mass is 362 g/mol. The molecule has 2 rings (SSSR count). The van der Waals surface area contributed by atoms with Gasteiger partial charge in [0, 0.05) is 38.3 Å². The first-order valence-electron chi connectivity index (χ1n) is 9.77. The molecule has 1 N–H and O–H groups in total. The van der Waals surface area contributed by atoms with Crippen molar-refractivity contribution >= 4 is 5.91 Å². The molecular weight excluding hydrogens is 328 g/mol. The predicted molar refractivity (Wildman–Crippen MR) is 104 cm³/mol. The third-order valence-electron chi connectivity index (χ3n) is 4.76. The standard InChI is InChI=1S/C21H34N2O3/c1-5-19(24)13-22-10-11-26-20(14-22)15-23(12-16(2)3)21(25)18-8-6-17(4)7-9-18/h6-9,16,19-20,24H,5,10-15H2,1-4H3/t19-,20+/m1/s1. The van der Waals surface area contributed by atoms with Gasteiger partial charge >= 0.3 is 0 Å². The summed E-state index contributed by atoms with van der Waals surface area (Å²) in [6, 6.07) is 7.75. The summed E-state index contributed by atoms with van der Waals surface area (Å²) in [6.45, 7) is 12.5. The fraction of sp³-hybridized carbons (Fsp3) is 0.667. The first-order valence-corrected chi connectivity index (χ1v) is 9.77. The summed E-state index contributed by atoms with van der Waals surface area (Å²) in [5.74, 6) is 0.457. The van der Waals surface area contributed by atoms with Crippen molar-refractivity contribution in [2.75, 3.05) is 39.3 Å². The normalized spacial score (nSPS) is 19.5. The average molecular weight is 363 g/mol. The molecule has 0 spiro atoms. The number of carbonyl (C=O) groups excluding carboxylic acids is 1. The summed E-state index contributed by atoms with van der Waals surface area (Å²) in [6.07, 6.45) is 0.448. The van der Waals surface area contributed by atoms with E-state index in [0.29, 0.717) is 32.2 Å². The maximum Gasteiger partial charge on any atom is 0.253 e. The summed E-state index contributed by atoms with van der Waals surface area (Å²) >= 11 is 0. The zero-order chi connectivity index (χ0) is 19.1. The van der Waals surface area contributed by atoms with Crippen molar-refractivity contribution in [2.45, 2.75) is 46.3 Å². The Morgan fingerprint density at radius 2 is 2.04 bits per heavy atom. The van der Waals surface area contributed by atoms with Crippen LogP contribution in [0.1, 0.15) is 43.1 Å². The maximum atomic E-state index is 13.0. The van der Waals surface area contributed by atoms with Crippen molar-refractivity contribution in [3.63, 3.8) is 0 Å². The second kappa shape index (κ2) is 10.0. The number of nitrogens with zero attached hydrogens (tertiary/aromatic N) is 2. The Hall–Kier alpha value is -1.43. The Morgan fingerprint density at radius 3 is 2.65 bits per heavy atom. The summed E-state index contributed by atoms with van der Waals surface area (Å²) in [5.41, 5.74) is 1.88. The first kappa shape index (κ1) is 20.9. The maximum absolute atomic E-state index is 13.0. The van der Waals surface area contributed by atoms with Gasteiger partial charge in [0.25, 0.3) is 5.91 Å². The molecule has 1 aromatic carbocycles. The van der Waals surface area contributed by atoms with Crippen LogP contribution in [-0.2, 0) is 4.74 Å². The molecule has 0 bridgehead atoms. The second-order valence-corrected chi connectivity index (χ2v) is 7.78. The summed E-state index contributed by atoms with van der Waals surface area (Å²) in [7, 11) is 0. The lowest BCUT2D eigenvalue weighted by atomic mass is 10.1. The lowest BCUT2D eigenvalue weighted by Gasteiger charge is -2.37. The molecule has 0 unspecified atom stereocenters. The summed E-state index contributed by atoms with van der Waals surface area (Å²) in [5, 5.41) is 9.91. The Bertz CT molecular complexity index is 559. The number of carbonyl (C=O) groups is 1. The molecular formula is C21H34N2O3. The van der Waals surface area contributed by atoms with Crippen molar-refractivity contribution in [1.82, 2.24) is 9.80 Å². The SMILES string of the molecule is CC[C@@H](O)CN1CCO[C@H](CN(CC(C)C)C(=O)c2ccc(C)cc2)C1. The van der Waals surface area contributed by atoms with Gasteiger partial charge in [0.2, 0.25) is 0 Å². The van der Waals surface area contributed by atoms with Gasteiger partial charge in [0.05, 0.1) is 18.8 Å². The minimum absolute atomic E-state index is 0.0130. The van der Waals surface area contributed by atoms with Gasteiger partial charge in [-0.25, -0.2) is 0 Å². The fourth-order valence-corrected chi connectivity index (χ4v) is 3.29. The molecule has 5 nitrogen and oxygen atoms in total. The number of β-amino-alcohol motifs (C(OH)–C–C–N with tert-alkyl or cyclic N) is 1. The fourth-order valence-electron chi connectivity index (χ4n) is 3.29. The van der Waals surface area contributed by atoms with Gasteiger partial charge in [0.15, 0.2) is 0 Å². The van der Waals surface area contributed by atoms with Crippen LogP contribution in [-0.4, -0.2) is 72.4 Å². The second-order valence-electron chi connectivity index (χ2n) is 7.78. The Kier molecular flexibility index (Phi) is 8.07. The molecule has 1 amide bonds. The van der Waals surface area contributed by atoms with E-state index in [1.165, 1.54) is 0 Å². The zero-order valence-electron chi connectivity index (χ0n) is 16.6. The van der Waals surface area contributed by atoms with Crippen LogP contribution in [0.25, 0.3) is 0 Å². The topological polar surface area (TPSA) is 53.0 Å². The molecule has 1 heterocycles. The Morgan fingerprint density at radius 1 is 1.35 bits per heavy atom. The molecule has 0 saturated carbocycles. The molecule has 2 atom stereocenters. The highest BCUT2D eigenvalue weighted by Gasteiger charge is 2.26. The highest BCUT2D eigenvalue weighted by atomic mass is 16.5. The molecule has 0 aromatic heterocycles. The molecule has 5 heteroatoms. The smallest absolute Gasteiger partial charge is 0.253 e. The highest BCUT2D eigenvalue weighted by molar-refractivity contribution is 5.94. The van der Waals surface area contributed by atoms with E-state index in [4.69, 9.17) is 4.74 Å². The summed E-state index contributed by atoms with van der Waals surface area (Å²) < 4.78 is 5.92. The number of hydrogen-bond acceptors (Lipinski definition) is 4. The number of benzene rings is 1. The van der Waals surface area contributed by atoms with E-state index in [9.17, 15) is 9.90 Å². The van der Waals surface area contributed by atoms with Gasteiger partial charge in [0.1, 0.15) is 0 Å². The van der Waals surface area contributed by atoms with Crippen molar-refractivity contribution in [3.8, 4) is 0 Å². The van der Waals surface area contributed by atoms with Crippen molar-refractivity contribution in [1.29, 1.82) is 0 Å². The Balaban J connectivity index is 2.02. The van der Waals surface area contributed by atoms with E-state index in [0.717, 1.165) is 30.6 Å². The van der Waals surface area contributed by atoms with Crippen LogP contribution in [0, 0.1) is 12.8 Å². The minimum atomic E-state index is -0.297. The van der Waals surface area contributed by atoms with Crippen molar-refractivity contribution < 1.29 is 14.6 Å². The number of aliphatic hydroxyl groups excluding tert-OH is 1. The van der Waals surface area contributed by atoms with Gasteiger partial charge < -0.3 is 14.7 Å². The highest BCUT2D eigenvalue weighted by Crippen LogP contribution is 2.14. The number of hydrogen-bond donors (Lipinski definition) is 1. The molecule has 146 valence electrons. The third kappa shape index (κ3) is 6.38. The number of amides is 1. The van der Waals surface area contributed by atoms with Crippen molar-refractivity contribution in [3.05, 3.63) is 35.4 Å². The molecule has 26 heavy (non-hydrogen) atoms. The van der Waals surface area contributed by atoms with Crippen LogP contribution in [0.4, 0.5) is 0 Å². The molecule has 0 aliphatic carbocycles. The number of rotatable bonds is 8. The predicted octanol–water partition coefficient (Wildman–Crippen LogP) is 2.56. The Labute approximate surface area is 157 Å². The quantitative estimate of drug-likeness (QED) is 0.772. The third-order valence-corrected chi connectivity index (χ3v) is 4.76. The molecule has 1 aliphatic heterocycles. The number of aliphatic hydroxyl groups is 1. The van der Waals surface area contributed by atoms with Crippen LogP contribution in [0.15, 0.2) is 24.3 Å². The van der Waals surface area contributed by atoms with Gasteiger partial charge in [-0.15, -0.1) is 0 Å². The molecule has 1 saturated heterocycles. The molecule has 1 aliphatic rings. The van der Waals surface area contributed by atoms with E-state index < -0.39 is 0 Å². The van der Waals surface area contributed by atoms with E-state index in [1.807, 2.05) is 43.0 Å². The summed E-state index contributed by atoms with van der Waals surface area (Å²) in [4.78, 5) is 17.1. The number of ether oxygens (including phenoxy) is 1. The number of morpholine rings is 1.